The number of phenols is 1. The standard InChI is InChI=1S/C25H27Cl2NO3S/c1-24(2,3)16-10-14(11-17(21(16)29)25(4,5)6)12-20-22(30)28(23(31)32-20)13-15-18(26)8-7-9-19(15)27/h7-12,29H,13H2,1-6H3/b20-12-. The maximum absolute atomic E-state index is 13.1. The maximum atomic E-state index is 13.1. The van der Waals surface area contributed by atoms with Crippen LogP contribution in [0.1, 0.15) is 63.8 Å². The number of hydrogen-bond donors (Lipinski definition) is 1. The van der Waals surface area contributed by atoms with E-state index in [4.69, 9.17) is 23.2 Å². The minimum Gasteiger partial charge on any atom is -0.507 e. The lowest BCUT2D eigenvalue weighted by atomic mass is 9.78. The number of carbonyl (C=O) groups is 2. The second-order valence-corrected chi connectivity index (χ2v) is 11.7. The van der Waals surface area contributed by atoms with Crippen LogP contribution in [0.3, 0.4) is 0 Å². The summed E-state index contributed by atoms with van der Waals surface area (Å²) in [6, 6.07) is 8.83. The average Bonchev–Trinajstić information content (AvgIpc) is 2.91. The van der Waals surface area contributed by atoms with Crippen molar-refractivity contribution < 1.29 is 14.7 Å². The summed E-state index contributed by atoms with van der Waals surface area (Å²) in [4.78, 5) is 27.2. The monoisotopic (exact) mass is 491 g/mol. The van der Waals surface area contributed by atoms with Gasteiger partial charge in [-0.2, -0.15) is 0 Å². The number of rotatable bonds is 3. The molecule has 4 nitrogen and oxygen atoms in total. The quantitative estimate of drug-likeness (QED) is 0.450. The smallest absolute Gasteiger partial charge is 0.293 e. The average molecular weight is 492 g/mol. The lowest BCUT2D eigenvalue weighted by Crippen LogP contribution is -2.27. The molecule has 1 aliphatic heterocycles. The van der Waals surface area contributed by atoms with Gasteiger partial charge in [-0.25, -0.2) is 0 Å². The molecule has 2 amide bonds. The molecule has 0 bridgehead atoms. The van der Waals surface area contributed by atoms with Gasteiger partial charge in [0.15, 0.2) is 0 Å². The van der Waals surface area contributed by atoms with Gasteiger partial charge in [-0.15, -0.1) is 0 Å². The molecule has 1 N–H and O–H groups in total. The molecular formula is C25H27Cl2NO3S. The van der Waals surface area contributed by atoms with Crippen LogP contribution in [0.5, 0.6) is 5.75 Å². The summed E-state index contributed by atoms with van der Waals surface area (Å²) in [6.45, 7) is 12.2. The summed E-state index contributed by atoms with van der Waals surface area (Å²) in [6.07, 6.45) is 1.71. The van der Waals surface area contributed by atoms with Gasteiger partial charge in [0.1, 0.15) is 5.75 Å². The second-order valence-electron chi connectivity index (χ2n) is 9.93. The van der Waals surface area contributed by atoms with Crippen LogP contribution in [0.25, 0.3) is 6.08 Å². The Labute approximate surface area is 203 Å². The highest BCUT2D eigenvalue weighted by molar-refractivity contribution is 8.18. The molecule has 1 heterocycles. The van der Waals surface area contributed by atoms with Crippen LogP contribution < -0.4 is 0 Å². The molecule has 170 valence electrons. The van der Waals surface area contributed by atoms with Crippen molar-refractivity contribution in [1.82, 2.24) is 4.90 Å². The van der Waals surface area contributed by atoms with E-state index in [0.29, 0.717) is 20.5 Å². The van der Waals surface area contributed by atoms with E-state index in [1.165, 1.54) is 0 Å². The van der Waals surface area contributed by atoms with Gasteiger partial charge in [0.25, 0.3) is 11.1 Å². The Bertz CT molecular complexity index is 1070. The number of benzene rings is 2. The number of imide groups is 1. The van der Waals surface area contributed by atoms with Gasteiger partial charge in [-0.3, -0.25) is 14.5 Å². The molecule has 0 spiro atoms. The van der Waals surface area contributed by atoms with Crippen molar-refractivity contribution >= 4 is 52.2 Å². The van der Waals surface area contributed by atoms with Crippen molar-refractivity contribution in [2.75, 3.05) is 0 Å². The highest BCUT2D eigenvalue weighted by atomic mass is 35.5. The van der Waals surface area contributed by atoms with Crippen LogP contribution in [0.4, 0.5) is 4.79 Å². The summed E-state index contributed by atoms with van der Waals surface area (Å²) in [5.74, 6) is -0.123. The first-order chi connectivity index (χ1) is 14.7. The third-order valence-electron chi connectivity index (χ3n) is 5.30. The first-order valence-corrected chi connectivity index (χ1v) is 11.8. The number of halogens is 2. The molecule has 0 saturated carbocycles. The van der Waals surface area contributed by atoms with Crippen molar-refractivity contribution in [1.29, 1.82) is 0 Å². The van der Waals surface area contributed by atoms with E-state index in [2.05, 4.69) is 0 Å². The Morgan fingerprint density at radius 3 is 1.94 bits per heavy atom. The minimum absolute atomic E-state index is 0.0105. The minimum atomic E-state index is -0.390. The van der Waals surface area contributed by atoms with Crippen LogP contribution in [0, 0.1) is 0 Å². The number of phenolic OH excluding ortho intramolecular Hbond substituents is 1. The molecule has 1 aliphatic rings. The number of amides is 2. The van der Waals surface area contributed by atoms with Crippen LogP contribution in [-0.2, 0) is 22.2 Å². The fourth-order valence-electron chi connectivity index (χ4n) is 3.51. The van der Waals surface area contributed by atoms with E-state index in [1.807, 2.05) is 53.7 Å². The van der Waals surface area contributed by atoms with Crippen molar-refractivity contribution in [2.24, 2.45) is 0 Å². The number of aromatic hydroxyl groups is 1. The molecule has 0 unspecified atom stereocenters. The summed E-state index contributed by atoms with van der Waals surface area (Å²) in [5, 5.41) is 11.4. The molecule has 2 aromatic rings. The van der Waals surface area contributed by atoms with E-state index in [-0.39, 0.29) is 28.4 Å². The van der Waals surface area contributed by atoms with Crippen LogP contribution in [0.15, 0.2) is 35.2 Å². The third-order valence-corrected chi connectivity index (χ3v) is 6.91. The first-order valence-electron chi connectivity index (χ1n) is 10.3. The highest BCUT2D eigenvalue weighted by Gasteiger charge is 2.36. The summed E-state index contributed by atoms with van der Waals surface area (Å²) in [5.41, 5.74) is 2.28. The van der Waals surface area contributed by atoms with Gasteiger partial charge in [-0.1, -0.05) is 70.8 Å². The lowest BCUT2D eigenvalue weighted by Gasteiger charge is -2.28. The fraction of sp³-hybridized carbons (Fsp3) is 0.360. The Hall–Kier alpha value is -1.95. The van der Waals surface area contributed by atoms with Gasteiger partial charge in [0.05, 0.1) is 11.4 Å². The van der Waals surface area contributed by atoms with E-state index < -0.39 is 5.91 Å². The summed E-state index contributed by atoms with van der Waals surface area (Å²) >= 11 is 13.3. The predicted octanol–water partition coefficient (Wildman–Crippen LogP) is 7.53. The molecule has 0 aliphatic carbocycles. The zero-order valence-electron chi connectivity index (χ0n) is 19.0. The maximum Gasteiger partial charge on any atom is 0.293 e. The molecule has 32 heavy (non-hydrogen) atoms. The van der Waals surface area contributed by atoms with Gasteiger partial charge < -0.3 is 5.11 Å². The third kappa shape index (κ3) is 5.00. The molecule has 0 atom stereocenters. The number of hydrogen-bond acceptors (Lipinski definition) is 4. The second kappa shape index (κ2) is 8.77. The first kappa shape index (κ1) is 24.7. The van der Waals surface area contributed by atoms with E-state index in [1.54, 1.807) is 24.3 Å². The normalized spacial score (nSPS) is 16.4. The van der Waals surface area contributed by atoms with Crippen LogP contribution >= 0.6 is 35.0 Å². The Morgan fingerprint density at radius 2 is 1.47 bits per heavy atom. The molecule has 1 saturated heterocycles. The van der Waals surface area contributed by atoms with E-state index >= 15 is 0 Å². The van der Waals surface area contributed by atoms with E-state index in [0.717, 1.165) is 33.4 Å². The molecule has 7 heteroatoms. The molecular weight excluding hydrogens is 465 g/mol. The summed E-state index contributed by atoms with van der Waals surface area (Å²) in [7, 11) is 0. The van der Waals surface area contributed by atoms with Crippen molar-refractivity contribution in [3.8, 4) is 5.75 Å². The number of nitrogens with zero attached hydrogens (tertiary/aromatic N) is 1. The molecule has 2 aromatic carbocycles. The van der Waals surface area contributed by atoms with Gasteiger partial charge in [0.2, 0.25) is 0 Å². The zero-order valence-corrected chi connectivity index (χ0v) is 21.4. The molecule has 0 radical (unpaired) electrons. The topological polar surface area (TPSA) is 57.6 Å². The van der Waals surface area contributed by atoms with Crippen molar-refractivity contribution in [3.05, 3.63) is 67.5 Å². The SMILES string of the molecule is CC(C)(C)c1cc(/C=C2\SC(=O)N(Cc3c(Cl)cccc3Cl)C2=O)cc(C(C)(C)C)c1O. The van der Waals surface area contributed by atoms with Crippen molar-refractivity contribution in [2.45, 2.75) is 58.9 Å². The molecule has 3 rings (SSSR count). The fourth-order valence-corrected chi connectivity index (χ4v) is 4.87. The number of carbonyl (C=O) groups excluding carboxylic acids is 2. The molecule has 0 aromatic heterocycles. The molecule has 1 fully saturated rings. The largest absolute Gasteiger partial charge is 0.507 e. The number of thioether (sulfide) groups is 1. The Kier molecular flexibility index (Phi) is 6.77. The predicted molar refractivity (Wildman–Crippen MR) is 133 cm³/mol. The Balaban J connectivity index is 2.02. The lowest BCUT2D eigenvalue weighted by molar-refractivity contribution is -0.123. The van der Waals surface area contributed by atoms with Crippen LogP contribution in [0.2, 0.25) is 10.0 Å². The zero-order chi connectivity index (χ0) is 24.0. The highest BCUT2D eigenvalue weighted by Crippen LogP contribution is 2.41. The van der Waals surface area contributed by atoms with Crippen molar-refractivity contribution in [3.63, 3.8) is 0 Å². The van der Waals surface area contributed by atoms with Gasteiger partial charge in [0, 0.05) is 26.7 Å². The van der Waals surface area contributed by atoms with Gasteiger partial charge >= 0.3 is 0 Å². The van der Waals surface area contributed by atoms with Crippen LogP contribution in [-0.4, -0.2) is 21.2 Å². The Morgan fingerprint density at radius 1 is 0.969 bits per heavy atom. The summed E-state index contributed by atoms with van der Waals surface area (Å²) < 4.78 is 0. The van der Waals surface area contributed by atoms with E-state index in [9.17, 15) is 14.7 Å². The van der Waals surface area contributed by atoms with Gasteiger partial charge in [-0.05, 0) is 58.5 Å².